The number of fused-ring (bicyclic) bond motifs is 1. The van der Waals surface area contributed by atoms with Crippen molar-refractivity contribution in [1.82, 2.24) is 9.55 Å². The number of aliphatic carboxylic acids is 1. The average Bonchev–Trinajstić information content (AvgIpc) is 2.84. The van der Waals surface area contributed by atoms with Crippen molar-refractivity contribution in [3.8, 4) is 11.4 Å². The first-order valence-electron chi connectivity index (χ1n) is 8.22. The Morgan fingerprint density at radius 2 is 2.00 bits per heavy atom. The Labute approximate surface area is 141 Å². The molecule has 124 valence electrons. The Bertz CT molecular complexity index is 894. The second-order valence-electron chi connectivity index (χ2n) is 6.70. The molecule has 1 heterocycles. The van der Waals surface area contributed by atoms with Crippen molar-refractivity contribution in [3.63, 3.8) is 0 Å². The zero-order valence-corrected chi connectivity index (χ0v) is 14.3. The first kappa shape index (κ1) is 16.2. The molecule has 0 amide bonds. The fraction of sp³-hybridized carbons (Fsp3) is 0.300. The maximum atomic E-state index is 11.0. The van der Waals surface area contributed by atoms with Gasteiger partial charge < -0.3 is 9.67 Å². The van der Waals surface area contributed by atoms with Gasteiger partial charge in [0.1, 0.15) is 5.82 Å². The standard InChI is InChI=1S/C20H22N2O2/c1-13(2)12-22-18-8-7-15(11-19(23)24)10-17(18)21-20(22)16-6-4-5-14(3)9-16/h4-10,13H,11-12H2,1-3H3,(H,23,24). The van der Waals surface area contributed by atoms with Gasteiger partial charge in [-0.25, -0.2) is 4.98 Å². The molecule has 3 rings (SSSR count). The Hall–Kier alpha value is -2.62. The van der Waals surface area contributed by atoms with Gasteiger partial charge in [0, 0.05) is 12.1 Å². The van der Waals surface area contributed by atoms with Crippen LogP contribution in [-0.2, 0) is 17.8 Å². The summed E-state index contributed by atoms with van der Waals surface area (Å²) in [5, 5.41) is 9.00. The summed E-state index contributed by atoms with van der Waals surface area (Å²) in [5.41, 5.74) is 4.97. The van der Waals surface area contributed by atoms with Gasteiger partial charge in [-0.3, -0.25) is 4.79 Å². The summed E-state index contributed by atoms with van der Waals surface area (Å²) >= 11 is 0. The van der Waals surface area contributed by atoms with Crippen LogP contribution in [0.15, 0.2) is 42.5 Å². The van der Waals surface area contributed by atoms with Crippen molar-refractivity contribution >= 4 is 17.0 Å². The highest BCUT2D eigenvalue weighted by Crippen LogP contribution is 2.27. The highest BCUT2D eigenvalue weighted by molar-refractivity contribution is 5.82. The van der Waals surface area contributed by atoms with E-state index in [-0.39, 0.29) is 6.42 Å². The summed E-state index contributed by atoms with van der Waals surface area (Å²) in [7, 11) is 0. The second kappa shape index (κ2) is 6.48. The number of imidazole rings is 1. The smallest absolute Gasteiger partial charge is 0.307 e. The van der Waals surface area contributed by atoms with Crippen LogP contribution in [-0.4, -0.2) is 20.6 Å². The zero-order valence-electron chi connectivity index (χ0n) is 14.3. The number of hydrogen-bond donors (Lipinski definition) is 1. The SMILES string of the molecule is Cc1cccc(-c2nc3cc(CC(=O)O)ccc3n2CC(C)C)c1. The van der Waals surface area contributed by atoms with E-state index >= 15 is 0 Å². The summed E-state index contributed by atoms with van der Waals surface area (Å²) in [4.78, 5) is 15.8. The number of benzene rings is 2. The van der Waals surface area contributed by atoms with Crippen LogP contribution in [0, 0.1) is 12.8 Å². The maximum absolute atomic E-state index is 11.0. The maximum Gasteiger partial charge on any atom is 0.307 e. The predicted octanol–water partition coefficient (Wildman–Crippen LogP) is 4.29. The molecule has 0 aliphatic carbocycles. The van der Waals surface area contributed by atoms with E-state index in [2.05, 4.69) is 43.5 Å². The third-order valence-electron chi connectivity index (χ3n) is 3.99. The van der Waals surface area contributed by atoms with Crippen LogP contribution in [0.3, 0.4) is 0 Å². The van der Waals surface area contributed by atoms with Gasteiger partial charge in [0.15, 0.2) is 0 Å². The lowest BCUT2D eigenvalue weighted by Gasteiger charge is -2.12. The molecule has 1 aromatic heterocycles. The lowest BCUT2D eigenvalue weighted by atomic mass is 10.1. The van der Waals surface area contributed by atoms with Crippen LogP contribution in [0.1, 0.15) is 25.0 Å². The third-order valence-corrected chi connectivity index (χ3v) is 3.99. The lowest BCUT2D eigenvalue weighted by molar-refractivity contribution is -0.136. The predicted molar refractivity (Wildman–Crippen MR) is 96.1 cm³/mol. The molecular formula is C20H22N2O2. The topological polar surface area (TPSA) is 55.1 Å². The molecular weight excluding hydrogens is 300 g/mol. The summed E-state index contributed by atoms with van der Waals surface area (Å²) in [6.45, 7) is 7.32. The van der Waals surface area contributed by atoms with Crippen LogP contribution in [0.5, 0.6) is 0 Å². The van der Waals surface area contributed by atoms with Gasteiger partial charge in [0.2, 0.25) is 0 Å². The normalized spacial score (nSPS) is 11.3. The number of aryl methyl sites for hydroxylation is 1. The first-order chi connectivity index (χ1) is 11.4. The van der Waals surface area contributed by atoms with Crippen LogP contribution < -0.4 is 0 Å². The number of carboxylic acid groups (broad SMARTS) is 1. The molecule has 1 N–H and O–H groups in total. The number of hydrogen-bond acceptors (Lipinski definition) is 2. The van der Waals surface area contributed by atoms with Crippen molar-refractivity contribution in [1.29, 1.82) is 0 Å². The van der Waals surface area contributed by atoms with Gasteiger partial charge in [0.05, 0.1) is 17.5 Å². The number of aromatic nitrogens is 2. The van der Waals surface area contributed by atoms with Crippen molar-refractivity contribution < 1.29 is 9.90 Å². The number of rotatable bonds is 5. The Morgan fingerprint density at radius 1 is 1.21 bits per heavy atom. The molecule has 24 heavy (non-hydrogen) atoms. The minimum atomic E-state index is -0.824. The van der Waals surface area contributed by atoms with Crippen molar-refractivity contribution in [2.75, 3.05) is 0 Å². The molecule has 0 saturated heterocycles. The van der Waals surface area contributed by atoms with Crippen molar-refractivity contribution in [2.45, 2.75) is 33.7 Å². The van der Waals surface area contributed by atoms with Crippen LogP contribution in [0.4, 0.5) is 0 Å². The first-order valence-corrected chi connectivity index (χ1v) is 8.22. The quantitative estimate of drug-likeness (QED) is 0.762. The van der Waals surface area contributed by atoms with E-state index in [1.54, 1.807) is 0 Å². The molecule has 0 radical (unpaired) electrons. The van der Waals surface area contributed by atoms with E-state index in [1.165, 1.54) is 5.56 Å². The molecule has 0 atom stereocenters. The van der Waals surface area contributed by atoms with Gasteiger partial charge >= 0.3 is 5.97 Å². The van der Waals surface area contributed by atoms with E-state index in [9.17, 15) is 4.79 Å². The molecule has 0 spiro atoms. The Morgan fingerprint density at radius 3 is 2.67 bits per heavy atom. The largest absolute Gasteiger partial charge is 0.481 e. The number of carboxylic acids is 1. The van der Waals surface area contributed by atoms with E-state index in [1.807, 2.05) is 24.3 Å². The summed E-state index contributed by atoms with van der Waals surface area (Å²) in [6, 6.07) is 14.1. The molecule has 0 aliphatic heterocycles. The average molecular weight is 322 g/mol. The number of carbonyl (C=O) groups is 1. The molecule has 2 aromatic carbocycles. The highest BCUT2D eigenvalue weighted by Gasteiger charge is 2.14. The van der Waals surface area contributed by atoms with E-state index in [0.717, 1.165) is 34.5 Å². The van der Waals surface area contributed by atoms with Crippen LogP contribution in [0.25, 0.3) is 22.4 Å². The molecule has 4 nitrogen and oxygen atoms in total. The highest BCUT2D eigenvalue weighted by atomic mass is 16.4. The van der Waals surface area contributed by atoms with Gasteiger partial charge in [-0.1, -0.05) is 43.7 Å². The van der Waals surface area contributed by atoms with Crippen molar-refractivity contribution in [2.24, 2.45) is 5.92 Å². The Balaban J connectivity index is 2.17. The van der Waals surface area contributed by atoms with Crippen LogP contribution in [0.2, 0.25) is 0 Å². The van der Waals surface area contributed by atoms with E-state index in [4.69, 9.17) is 10.1 Å². The van der Waals surface area contributed by atoms with Gasteiger partial charge in [-0.05, 0) is 36.6 Å². The third kappa shape index (κ3) is 3.32. The number of nitrogens with zero attached hydrogens (tertiary/aromatic N) is 2. The second-order valence-corrected chi connectivity index (χ2v) is 6.70. The molecule has 0 aliphatic rings. The lowest BCUT2D eigenvalue weighted by Crippen LogP contribution is -2.06. The minimum absolute atomic E-state index is 0.0206. The molecule has 0 bridgehead atoms. The summed E-state index contributed by atoms with van der Waals surface area (Å²) in [5.74, 6) is 0.606. The molecule has 0 fully saturated rings. The fourth-order valence-electron chi connectivity index (χ4n) is 3.01. The van der Waals surface area contributed by atoms with E-state index < -0.39 is 5.97 Å². The zero-order chi connectivity index (χ0) is 17.3. The summed E-state index contributed by atoms with van der Waals surface area (Å²) in [6.07, 6.45) is 0.0206. The van der Waals surface area contributed by atoms with E-state index in [0.29, 0.717) is 5.92 Å². The fourth-order valence-corrected chi connectivity index (χ4v) is 3.01. The van der Waals surface area contributed by atoms with Crippen molar-refractivity contribution in [3.05, 3.63) is 53.6 Å². The molecule has 0 unspecified atom stereocenters. The molecule has 3 aromatic rings. The Kier molecular flexibility index (Phi) is 4.38. The molecule has 0 saturated carbocycles. The minimum Gasteiger partial charge on any atom is -0.481 e. The van der Waals surface area contributed by atoms with Crippen LogP contribution >= 0.6 is 0 Å². The molecule has 4 heteroatoms. The monoisotopic (exact) mass is 322 g/mol. The summed E-state index contributed by atoms with van der Waals surface area (Å²) < 4.78 is 2.24. The van der Waals surface area contributed by atoms with Gasteiger partial charge in [-0.2, -0.15) is 0 Å². The van der Waals surface area contributed by atoms with Gasteiger partial charge in [0.25, 0.3) is 0 Å². The van der Waals surface area contributed by atoms with Gasteiger partial charge in [-0.15, -0.1) is 0 Å².